The summed E-state index contributed by atoms with van der Waals surface area (Å²) in [7, 11) is 4.02. The summed E-state index contributed by atoms with van der Waals surface area (Å²) in [6.07, 6.45) is 0.564. The first-order valence-corrected chi connectivity index (χ1v) is 7.38. The van der Waals surface area contributed by atoms with Gasteiger partial charge in [-0.05, 0) is 38.4 Å². The van der Waals surface area contributed by atoms with Crippen LogP contribution >= 0.6 is 0 Å². The number of likely N-dealkylation sites (N-methyl/N-ethyl adjacent to an activating group) is 1. The molecule has 0 bridgehead atoms. The summed E-state index contributed by atoms with van der Waals surface area (Å²) in [5.74, 6) is 0.887. The highest BCUT2D eigenvalue weighted by Gasteiger charge is 2.19. The molecule has 0 saturated carbocycles. The van der Waals surface area contributed by atoms with E-state index in [1.165, 1.54) is 11.1 Å². The Kier molecular flexibility index (Phi) is 6.73. The number of hydrogen-bond acceptors (Lipinski definition) is 2. The van der Waals surface area contributed by atoms with Crippen molar-refractivity contribution < 1.29 is 4.79 Å². The van der Waals surface area contributed by atoms with Crippen molar-refractivity contribution in [3.63, 3.8) is 0 Å². The van der Waals surface area contributed by atoms with Gasteiger partial charge in [0.25, 0.3) is 0 Å². The van der Waals surface area contributed by atoms with E-state index in [0.717, 1.165) is 6.54 Å². The second-order valence-electron chi connectivity index (χ2n) is 6.12. The lowest BCUT2D eigenvalue weighted by molar-refractivity contribution is -0.121. The minimum atomic E-state index is 0.145. The molecule has 1 amide bonds. The van der Waals surface area contributed by atoms with Gasteiger partial charge in [0.1, 0.15) is 0 Å². The summed E-state index contributed by atoms with van der Waals surface area (Å²) in [4.78, 5) is 14.1. The number of hydrogen-bond donors (Lipinski definition) is 1. The van der Waals surface area contributed by atoms with Gasteiger partial charge in [-0.15, -0.1) is 0 Å². The Bertz CT molecular complexity index is 410. The first kappa shape index (κ1) is 16.7. The maximum absolute atomic E-state index is 12.1. The molecule has 3 heteroatoms. The van der Waals surface area contributed by atoms with Crippen LogP contribution in [0.1, 0.15) is 37.3 Å². The smallest absolute Gasteiger partial charge is 0.220 e. The number of rotatable bonds is 7. The van der Waals surface area contributed by atoms with Crippen LogP contribution in [0.4, 0.5) is 0 Å². The molecule has 0 saturated heterocycles. The molecular weight excluding hydrogens is 248 g/mol. The zero-order valence-electron chi connectivity index (χ0n) is 13.4. The number of aryl methyl sites for hydroxylation is 1. The van der Waals surface area contributed by atoms with E-state index in [0.29, 0.717) is 18.9 Å². The first-order valence-electron chi connectivity index (χ1n) is 7.38. The van der Waals surface area contributed by atoms with Gasteiger partial charge in [0, 0.05) is 19.5 Å². The number of nitrogens with zero attached hydrogens (tertiary/aromatic N) is 1. The monoisotopic (exact) mass is 276 g/mol. The second kappa shape index (κ2) is 8.05. The van der Waals surface area contributed by atoms with E-state index in [4.69, 9.17) is 0 Å². The fourth-order valence-electron chi connectivity index (χ4n) is 2.24. The lowest BCUT2D eigenvalue weighted by Gasteiger charge is -2.21. The van der Waals surface area contributed by atoms with E-state index >= 15 is 0 Å². The molecule has 0 aliphatic rings. The number of benzene rings is 1. The maximum Gasteiger partial charge on any atom is 0.220 e. The van der Waals surface area contributed by atoms with Crippen molar-refractivity contribution >= 4 is 5.91 Å². The third-order valence-corrected chi connectivity index (χ3v) is 3.60. The van der Waals surface area contributed by atoms with E-state index in [1.54, 1.807) is 0 Å². The van der Waals surface area contributed by atoms with E-state index in [-0.39, 0.29) is 11.8 Å². The van der Waals surface area contributed by atoms with Crippen LogP contribution < -0.4 is 5.32 Å². The highest BCUT2D eigenvalue weighted by Crippen LogP contribution is 2.28. The van der Waals surface area contributed by atoms with Gasteiger partial charge in [-0.1, -0.05) is 43.7 Å². The summed E-state index contributed by atoms with van der Waals surface area (Å²) in [5, 5.41) is 3.00. The average Bonchev–Trinajstić information content (AvgIpc) is 2.36. The molecule has 0 spiro atoms. The Morgan fingerprint density at radius 1 is 1.20 bits per heavy atom. The van der Waals surface area contributed by atoms with Crippen LogP contribution in [0.3, 0.4) is 0 Å². The number of carbonyl (C=O) groups excluding carboxylic acids is 1. The SMILES string of the molecule is Cc1ccc(C(CC(=O)NCCN(C)C)C(C)C)cc1. The van der Waals surface area contributed by atoms with Crippen molar-refractivity contribution in [2.45, 2.75) is 33.1 Å². The molecule has 0 aromatic heterocycles. The molecule has 0 aliphatic carbocycles. The van der Waals surface area contributed by atoms with Crippen LogP contribution in [-0.4, -0.2) is 38.0 Å². The zero-order chi connectivity index (χ0) is 15.1. The van der Waals surface area contributed by atoms with Crippen molar-refractivity contribution in [2.75, 3.05) is 27.2 Å². The van der Waals surface area contributed by atoms with Crippen LogP contribution in [0.15, 0.2) is 24.3 Å². The first-order chi connectivity index (χ1) is 9.40. The van der Waals surface area contributed by atoms with Gasteiger partial charge in [0.2, 0.25) is 5.91 Å². The highest BCUT2D eigenvalue weighted by molar-refractivity contribution is 5.76. The average molecular weight is 276 g/mol. The summed E-state index contributed by atoms with van der Waals surface area (Å²) in [6, 6.07) is 8.53. The lowest BCUT2D eigenvalue weighted by Crippen LogP contribution is -2.32. The number of carbonyl (C=O) groups is 1. The zero-order valence-corrected chi connectivity index (χ0v) is 13.4. The van der Waals surface area contributed by atoms with Crippen LogP contribution in [0.2, 0.25) is 0 Å². The molecule has 1 aromatic carbocycles. The van der Waals surface area contributed by atoms with Gasteiger partial charge in [-0.2, -0.15) is 0 Å². The molecule has 1 atom stereocenters. The Morgan fingerprint density at radius 3 is 2.30 bits per heavy atom. The Morgan fingerprint density at radius 2 is 1.80 bits per heavy atom. The maximum atomic E-state index is 12.1. The minimum absolute atomic E-state index is 0.145. The van der Waals surface area contributed by atoms with Gasteiger partial charge in [-0.25, -0.2) is 0 Å². The van der Waals surface area contributed by atoms with Crippen molar-refractivity contribution in [3.8, 4) is 0 Å². The number of amides is 1. The van der Waals surface area contributed by atoms with Crippen LogP contribution in [0, 0.1) is 12.8 Å². The fourth-order valence-corrected chi connectivity index (χ4v) is 2.24. The summed E-state index contributed by atoms with van der Waals surface area (Å²) < 4.78 is 0. The molecule has 0 fully saturated rings. The third kappa shape index (κ3) is 5.74. The predicted octanol–water partition coefficient (Wildman–Crippen LogP) is 2.80. The molecule has 1 rings (SSSR count). The molecule has 1 N–H and O–H groups in total. The quantitative estimate of drug-likeness (QED) is 0.830. The molecule has 1 aromatic rings. The molecular formula is C17H28N2O. The van der Waals surface area contributed by atoms with E-state index in [2.05, 4.69) is 55.3 Å². The Labute approximate surface area is 123 Å². The fraction of sp³-hybridized carbons (Fsp3) is 0.588. The van der Waals surface area contributed by atoms with Gasteiger partial charge < -0.3 is 10.2 Å². The van der Waals surface area contributed by atoms with Gasteiger partial charge in [0.05, 0.1) is 0 Å². The Balaban J connectivity index is 2.59. The highest BCUT2D eigenvalue weighted by atomic mass is 16.1. The minimum Gasteiger partial charge on any atom is -0.355 e. The molecule has 20 heavy (non-hydrogen) atoms. The molecule has 0 heterocycles. The summed E-state index contributed by atoms with van der Waals surface area (Å²) in [6.45, 7) is 8.03. The molecule has 3 nitrogen and oxygen atoms in total. The van der Waals surface area contributed by atoms with Gasteiger partial charge in [-0.3, -0.25) is 4.79 Å². The normalized spacial score (nSPS) is 12.8. The topological polar surface area (TPSA) is 32.3 Å². The predicted molar refractivity (Wildman–Crippen MR) is 84.9 cm³/mol. The van der Waals surface area contributed by atoms with Crippen molar-refractivity contribution in [1.29, 1.82) is 0 Å². The largest absolute Gasteiger partial charge is 0.355 e. The van der Waals surface area contributed by atoms with E-state index in [1.807, 2.05) is 14.1 Å². The van der Waals surface area contributed by atoms with Crippen LogP contribution in [0.5, 0.6) is 0 Å². The van der Waals surface area contributed by atoms with Crippen molar-refractivity contribution in [2.24, 2.45) is 5.92 Å². The number of nitrogens with one attached hydrogen (secondary N) is 1. The van der Waals surface area contributed by atoms with Gasteiger partial charge in [0.15, 0.2) is 0 Å². The van der Waals surface area contributed by atoms with E-state index < -0.39 is 0 Å². The van der Waals surface area contributed by atoms with Crippen molar-refractivity contribution in [3.05, 3.63) is 35.4 Å². The molecule has 0 radical (unpaired) electrons. The molecule has 112 valence electrons. The van der Waals surface area contributed by atoms with Crippen molar-refractivity contribution in [1.82, 2.24) is 10.2 Å². The lowest BCUT2D eigenvalue weighted by atomic mass is 9.85. The summed E-state index contributed by atoms with van der Waals surface area (Å²) in [5.41, 5.74) is 2.51. The van der Waals surface area contributed by atoms with Crippen LogP contribution in [0.25, 0.3) is 0 Å². The Hall–Kier alpha value is -1.35. The van der Waals surface area contributed by atoms with Crippen LogP contribution in [-0.2, 0) is 4.79 Å². The van der Waals surface area contributed by atoms with Gasteiger partial charge >= 0.3 is 0 Å². The second-order valence-corrected chi connectivity index (χ2v) is 6.12. The third-order valence-electron chi connectivity index (χ3n) is 3.60. The standard InChI is InChI=1S/C17H28N2O/c1-13(2)16(15-8-6-14(3)7-9-15)12-17(20)18-10-11-19(4)5/h6-9,13,16H,10-12H2,1-5H3,(H,18,20). The molecule has 0 aliphatic heterocycles. The summed E-state index contributed by atoms with van der Waals surface area (Å²) >= 11 is 0. The van der Waals surface area contributed by atoms with E-state index in [9.17, 15) is 4.79 Å². The molecule has 1 unspecified atom stereocenters.